The van der Waals surface area contributed by atoms with E-state index in [0.717, 1.165) is 43.8 Å². The molecule has 1 fully saturated rings. The monoisotopic (exact) mass is 276 g/mol. The van der Waals surface area contributed by atoms with Crippen LogP contribution in [-0.4, -0.2) is 24.2 Å². The van der Waals surface area contributed by atoms with Gasteiger partial charge in [-0.05, 0) is 64.1 Å². The normalized spacial score (nSPS) is 20.2. The van der Waals surface area contributed by atoms with Gasteiger partial charge in [-0.3, -0.25) is 4.98 Å². The predicted octanol–water partition coefficient (Wildman–Crippen LogP) is 3.70. The Morgan fingerprint density at radius 3 is 2.90 bits per heavy atom. The first-order valence-corrected chi connectivity index (χ1v) is 8.00. The molecule has 0 aromatic carbocycles. The summed E-state index contributed by atoms with van der Waals surface area (Å²) in [5, 5.41) is 3.67. The van der Waals surface area contributed by atoms with E-state index in [1.54, 1.807) is 0 Å². The molecule has 0 spiro atoms. The van der Waals surface area contributed by atoms with Crippen LogP contribution in [-0.2, 0) is 4.74 Å². The highest BCUT2D eigenvalue weighted by Crippen LogP contribution is 2.25. The van der Waals surface area contributed by atoms with Gasteiger partial charge >= 0.3 is 0 Å². The second-order valence-corrected chi connectivity index (χ2v) is 5.85. The summed E-state index contributed by atoms with van der Waals surface area (Å²) in [5.74, 6) is 0. The van der Waals surface area contributed by atoms with Crippen LogP contribution >= 0.6 is 0 Å². The maximum atomic E-state index is 5.75. The van der Waals surface area contributed by atoms with Gasteiger partial charge in [0.1, 0.15) is 0 Å². The maximum absolute atomic E-state index is 5.75. The van der Waals surface area contributed by atoms with Crippen molar-refractivity contribution >= 4 is 0 Å². The van der Waals surface area contributed by atoms with Gasteiger partial charge in [0.05, 0.1) is 6.10 Å². The van der Waals surface area contributed by atoms with E-state index >= 15 is 0 Å². The van der Waals surface area contributed by atoms with Gasteiger partial charge in [0.2, 0.25) is 0 Å². The number of ether oxygens (including phenoxy) is 1. The van der Waals surface area contributed by atoms with Crippen molar-refractivity contribution in [2.24, 2.45) is 0 Å². The van der Waals surface area contributed by atoms with Crippen LogP contribution in [0, 0.1) is 13.8 Å². The fraction of sp³-hybridized carbons (Fsp3) is 0.706. The van der Waals surface area contributed by atoms with Gasteiger partial charge in [0, 0.05) is 24.0 Å². The molecule has 1 aromatic rings. The van der Waals surface area contributed by atoms with Gasteiger partial charge in [-0.1, -0.05) is 13.0 Å². The highest BCUT2D eigenvalue weighted by atomic mass is 16.5. The molecule has 3 heteroatoms. The van der Waals surface area contributed by atoms with E-state index in [1.807, 2.05) is 0 Å². The quantitative estimate of drug-likeness (QED) is 0.824. The van der Waals surface area contributed by atoms with Crippen molar-refractivity contribution in [1.82, 2.24) is 10.3 Å². The number of pyridine rings is 1. The number of nitrogens with zero attached hydrogens (tertiary/aromatic N) is 1. The Bertz CT molecular complexity index is 413. The summed E-state index contributed by atoms with van der Waals surface area (Å²) in [7, 11) is 0. The molecule has 0 saturated carbocycles. The second kappa shape index (κ2) is 7.75. The van der Waals surface area contributed by atoms with E-state index in [-0.39, 0.29) is 0 Å². The van der Waals surface area contributed by atoms with E-state index in [0.29, 0.717) is 12.1 Å². The third kappa shape index (κ3) is 4.29. The van der Waals surface area contributed by atoms with Crippen LogP contribution in [0.1, 0.15) is 62.0 Å². The number of hydrogen-bond donors (Lipinski definition) is 1. The first-order chi connectivity index (χ1) is 9.70. The summed E-state index contributed by atoms with van der Waals surface area (Å²) in [6, 6.07) is 4.77. The molecule has 0 amide bonds. The molecule has 2 rings (SSSR count). The molecule has 3 nitrogen and oxygen atoms in total. The molecule has 20 heavy (non-hydrogen) atoms. The number of nitrogens with one attached hydrogen (secondary N) is 1. The van der Waals surface area contributed by atoms with E-state index in [1.165, 1.54) is 18.4 Å². The minimum atomic E-state index is 0.409. The van der Waals surface area contributed by atoms with Gasteiger partial charge in [-0.2, -0.15) is 0 Å². The third-order valence-corrected chi connectivity index (χ3v) is 4.08. The van der Waals surface area contributed by atoms with Crippen molar-refractivity contribution in [3.63, 3.8) is 0 Å². The molecular weight excluding hydrogens is 248 g/mol. The summed E-state index contributed by atoms with van der Waals surface area (Å²) >= 11 is 0. The molecule has 1 aliphatic heterocycles. The molecule has 1 aliphatic rings. The topological polar surface area (TPSA) is 34.1 Å². The lowest BCUT2D eigenvalue weighted by atomic mass is 9.97. The molecule has 112 valence electrons. The molecule has 1 aromatic heterocycles. The molecule has 1 saturated heterocycles. The van der Waals surface area contributed by atoms with Crippen molar-refractivity contribution in [3.05, 3.63) is 29.1 Å². The minimum Gasteiger partial charge on any atom is -0.378 e. The molecule has 2 atom stereocenters. The lowest BCUT2D eigenvalue weighted by Gasteiger charge is -2.22. The summed E-state index contributed by atoms with van der Waals surface area (Å²) in [6.45, 7) is 8.39. The van der Waals surface area contributed by atoms with E-state index in [9.17, 15) is 0 Å². The number of aromatic nitrogens is 1. The minimum absolute atomic E-state index is 0.409. The molecule has 2 heterocycles. The summed E-state index contributed by atoms with van der Waals surface area (Å²) in [4.78, 5) is 4.61. The Balaban J connectivity index is 2.01. The van der Waals surface area contributed by atoms with Gasteiger partial charge in [0.15, 0.2) is 0 Å². The molecular formula is C17H28N2O. The fourth-order valence-electron chi connectivity index (χ4n) is 2.98. The van der Waals surface area contributed by atoms with Crippen LogP contribution in [0.5, 0.6) is 0 Å². The third-order valence-electron chi connectivity index (χ3n) is 4.08. The first-order valence-electron chi connectivity index (χ1n) is 8.00. The summed E-state index contributed by atoms with van der Waals surface area (Å²) in [5.41, 5.74) is 3.60. The Morgan fingerprint density at radius 2 is 2.25 bits per heavy atom. The summed E-state index contributed by atoms with van der Waals surface area (Å²) in [6.07, 6.45) is 6.37. The van der Waals surface area contributed by atoms with Crippen LogP contribution < -0.4 is 5.32 Å². The SMILES string of the molecule is CCCNC(CCC1CCCO1)c1ccc(C)nc1C. The second-order valence-electron chi connectivity index (χ2n) is 5.85. The smallest absolute Gasteiger partial charge is 0.0576 e. The zero-order valence-electron chi connectivity index (χ0n) is 13.1. The van der Waals surface area contributed by atoms with Crippen LogP contribution in [0.3, 0.4) is 0 Å². The Morgan fingerprint density at radius 1 is 1.40 bits per heavy atom. The van der Waals surface area contributed by atoms with Gasteiger partial charge in [-0.15, -0.1) is 0 Å². The average molecular weight is 276 g/mol. The van der Waals surface area contributed by atoms with E-state index < -0.39 is 0 Å². The van der Waals surface area contributed by atoms with Gasteiger partial charge in [0.25, 0.3) is 0 Å². The lowest BCUT2D eigenvalue weighted by molar-refractivity contribution is 0.0995. The van der Waals surface area contributed by atoms with E-state index in [4.69, 9.17) is 4.74 Å². The predicted molar refractivity (Wildman–Crippen MR) is 83.0 cm³/mol. The van der Waals surface area contributed by atoms with Gasteiger partial charge in [-0.25, -0.2) is 0 Å². The van der Waals surface area contributed by atoms with Crippen molar-refractivity contribution in [2.45, 2.75) is 65.0 Å². The Hall–Kier alpha value is -0.930. The largest absolute Gasteiger partial charge is 0.378 e. The van der Waals surface area contributed by atoms with Crippen LogP contribution in [0.2, 0.25) is 0 Å². The maximum Gasteiger partial charge on any atom is 0.0576 e. The van der Waals surface area contributed by atoms with E-state index in [2.05, 4.69) is 43.2 Å². The van der Waals surface area contributed by atoms with Crippen molar-refractivity contribution in [2.75, 3.05) is 13.2 Å². The number of hydrogen-bond acceptors (Lipinski definition) is 3. The molecule has 2 unspecified atom stereocenters. The zero-order chi connectivity index (χ0) is 14.4. The number of aryl methyl sites for hydroxylation is 2. The van der Waals surface area contributed by atoms with Crippen LogP contribution in [0.4, 0.5) is 0 Å². The van der Waals surface area contributed by atoms with Crippen LogP contribution in [0.15, 0.2) is 12.1 Å². The lowest BCUT2D eigenvalue weighted by Crippen LogP contribution is -2.24. The zero-order valence-corrected chi connectivity index (χ0v) is 13.1. The van der Waals surface area contributed by atoms with Crippen molar-refractivity contribution in [1.29, 1.82) is 0 Å². The van der Waals surface area contributed by atoms with Crippen LogP contribution in [0.25, 0.3) is 0 Å². The number of rotatable bonds is 7. The Kier molecular flexibility index (Phi) is 5.99. The molecule has 0 radical (unpaired) electrons. The van der Waals surface area contributed by atoms with Crippen molar-refractivity contribution < 1.29 is 4.74 Å². The first kappa shape index (κ1) is 15.5. The summed E-state index contributed by atoms with van der Waals surface area (Å²) < 4.78 is 5.75. The van der Waals surface area contributed by atoms with Gasteiger partial charge < -0.3 is 10.1 Å². The molecule has 0 bridgehead atoms. The Labute approximate surface area is 123 Å². The highest BCUT2D eigenvalue weighted by molar-refractivity contribution is 5.25. The molecule has 1 N–H and O–H groups in total. The fourth-order valence-corrected chi connectivity index (χ4v) is 2.98. The molecule has 0 aliphatic carbocycles. The average Bonchev–Trinajstić information content (AvgIpc) is 2.93. The highest BCUT2D eigenvalue weighted by Gasteiger charge is 2.19. The standard InChI is InChI=1S/C17H28N2O/c1-4-11-18-17(10-8-15-6-5-12-20-15)16-9-7-13(2)19-14(16)3/h7,9,15,17-18H,4-6,8,10-12H2,1-3H3. The van der Waals surface area contributed by atoms with Crippen molar-refractivity contribution in [3.8, 4) is 0 Å².